The molecule has 12 nitrogen and oxygen atoms in total. The average molecular weight is 565 g/mol. The number of hydrogen-bond acceptors (Lipinski definition) is 10. The number of alkyl halides is 3. The third-order valence-corrected chi connectivity index (χ3v) is 4.78. The molecule has 3 atom stereocenters. The summed E-state index contributed by atoms with van der Waals surface area (Å²) in [6.07, 6.45) is -7.89. The molecule has 2 amide bonds. The van der Waals surface area contributed by atoms with Crippen LogP contribution in [0.15, 0.2) is 30.3 Å². The van der Waals surface area contributed by atoms with Crippen molar-refractivity contribution in [3.63, 3.8) is 0 Å². The van der Waals surface area contributed by atoms with Crippen LogP contribution < -0.4 is 10.6 Å². The van der Waals surface area contributed by atoms with Crippen molar-refractivity contribution < 1.29 is 61.2 Å². The molecule has 3 unspecified atom stereocenters. The zero-order valence-corrected chi connectivity index (χ0v) is 21.5. The van der Waals surface area contributed by atoms with Gasteiger partial charge in [0.05, 0.1) is 12.6 Å². The van der Waals surface area contributed by atoms with E-state index >= 15 is 0 Å². The van der Waals surface area contributed by atoms with E-state index in [4.69, 9.17) is 18.9 Å². The first-order valence-electron chi connectivity index (χ1n) is 11.7. The number of carbonyl (C=O) groups excluding carboxylic acids is 5. The molecule has 0 aromatic heterocycles. The van der Waals surface area contributed by atoms with Crippen LogP contribution in [-0.2, 0) is 49.5 Å². The van der Waals surface area contributed by atoms with Crippen molar-refractivity contribution in [3.8, 4) is 0 Å². The minimum absolute atomic E-state index is 0.128. The summed E-state index contributed by atoms with van der Waals surface area (Å²) in [7, 11) is 0. The Morgan fingerprint density at radius 1 is 0.974 bits per heavy atom. The van der Waals surface area contributed by atoms with Gasteiger partial charge in [-0.1, -0.05) is 30.3 Å². The lowest BCUT2D eigenvalue weighted by Crippen LogP contribution is -2.49. The normalized spacial score (nSPS) is 14.2. The Morgan fingerprint density at radius 3 is 2.18 bits per heavy atom. The Morgan fingerprint density at radius 2 is 1.62 bits per heavy atom. The monoisotopic (exact) mass is 564 g/mol. The molecule has 1 rings (SSSR count). The molecule has 0 saturated heterocycles. The Balaban J connectivity index is 2.87. The van der Waals surface area contributed by atoms with E-state index in [2.05, 4.69) is 5.32 Å². The molecular weight excluding hydrogens is 533 g/mol. The molecule has 0 fully saturated rings. The van der Waals surface area contributed by atoms with Crippen LogP contribution in [0.2, 0.25) is 0 Å². The van der Waals surface area contributed by atoms with Gasteiger partial charge in [0.2, 0.25) is 5.91 Å². The Hall–Kier alpha value is -3.72. The molecule has 0 radical (unpaired) electrons. The molecule has 0 saturated carbocycles. The van der Waals surface area contributed by atoms with Gasteiger partial charge in [0, 0.05) is 33.2 Å². The summed E-state index contributed by atoms with van der Waals surface area (Å²) in [6.45, 7) is 1.67. The maximum atomic E-state index is 12.8. The summed E-state index contributed by atoms with van der Waals surface area (Å²) >= 11 is 0. The number of aliphatic hydroxyl groups is 1. The van der Waals surface area contributed by atoms with Gasteiger partial charge in [0.1, 0.15) is 19.3 Å². The fourth-order valence-corrected chi connectivity index (χ4v) is 3.09. The number of benzene rings is 1. The van der Waals surface area contributed by atoms with E-state index in [0.29, 0.717) is 5.56 Å². The quantitative estimate of drug-likeness (QED) is 0.158. The number of nitrogens with one attached hydrogen (secondary N) is 2. The minimum Gasteiger partial charge on any atom is -0.462 e. The maximum absolute atomic E-state index is 12.8. The Bertz CT molecular complexity index is 990. The maximum Gasteiger partial charge on any atom is 0.471 e. The number of amides is 2. The van der Waals surface area contributed by atoms with Crippen molar-refractivity contribution >= 4 is 29.7 Å². The molecule has 0 aliphatic carbocycles. The smallest absolute Gasteiger partial charge is 0.462 e. The molecule has 0 aliphatic rings. The SMILES string of the molecule is CC(=O)OCC(CC(C)OC(O)(CCNC(=O)CNC(=O)C(F)(F)F)C(=O)OCc1ccccc1)OC(C)=O. The number of halogens is 3. The van der Waals surface area contributed by atoms with Crippen molar-refractivity contribution in [2.24, 2.45) is 0 Å². The van der Waals surface area contributed by atoms with Gasteiger partial charge < -0.3 is 34.7 Å². The second-order valence-corrected chi connectivity index (χ2v) is 8.32. The lowest BCUT2D eigenvalue weighted by Gasteiger charge is -2.30. The molecule has 39 heavy (non-hydrogen) atoms. The summed E-state index contributed by atoms with van der Waals surface area (Å²) < 4.78 is 57.4. The van der Waals surface area contributed by atoms with Gasteiger partial charge in [0.15, 0.2) is 0 Å². The van der Waals surface area contributed by atoms with Crippen LogP contribution in [0, 0.1) is 0 Å². The second kappa shape index (κ2) is 15.6. The molecule has 0 bridgehead atoms. The first kappa shape index (κ1) is 33.3. The van der Waals surface area contributed by atoms with Crippen molar-refractivity contribution in [1.82, 2.24) is 10.6 Å². The van der Waals surface area contributed by atoms with Gasteiger partial charge in [-0.2, -0.15) is 13.2 Å². The van der Waals surface area contributed by atoms with E-state index in [9.17, 15) is 42.3 Å². The van der Waals surface area contributed by atoms with Crippen molar-refractivity contribution in [2.45, 2.75) is 64.4 Å². The predicted molar refractivity (Wildman–Crippen MR) is 125 cm³/mol. The molecule has 1 aromatic rings. The first-order chi connectivity index (χ1) is 18.1. The summed E-state index contributed by atoms with van der Waals surface area (Å²) in [5.74, 6) is -8.55. The van der Waals surface area contributed by atoms with E-state index < -0.39 is 73.4 Å². The van der Waals surface area contributed by atoms with Crippen LogP contribution in [0.5, 0.6) is 0 Å². The number of esters is 3. The molecule has 0 heterocycles. The molecule has 0 aliphatic heterocycles. The third kappa shape index (κ3) is 13.6. The zero-order chi connectivity index (χ0) is 29.6. The van der Waals surface area contributed by atoms with Crippen molar-refractivity contribution in [3.05, 3.63) is 35.9 Å². The van der Waals surface area contributed by atoms with Crippen molar-refractivity contribution in [2.75, 3.05) is 19.7 Å². The number of carbonyl (C=O) groups is 5. The van der Waals surface area contributed by atoms with E-state index in [1.165, 1.54) is 12.2 Å². The van der Waals surface area contributed by atoms with Gasteiger partial charge in [-0.05, 0) is 12.5 Å². The van der Waals surface area contributed by atoms with E-state index in [1.54, 1.807) is 30.3 Å². The lowest BCUT2D eigenvalue weighted by atomic mass is 10.1. The standard InChI is InChI=1S/C24H31F3N2O10/c1-15(11-19(38-17(3)31)14-36-16(2)30)39-23(35,22(34)37-13-18-7-5-4-6-8-18)9-10-28-20(32)12-29-21(33)24(25,26)27/h4-8,15,19,35H,9-14H2,1-3H3,(H,28,32)(H,29,33). The van der Waals surface area contributed by atoms with Gasteiger partial charge >= 0.3 is 30.0 Å². The van der Waals surface area contributed by atoms with Crippen LogP contribution in [0.4, 0.5) is 13.2 Å². The Kier molecular flexibility index (Phi) is 13.4. The van der Waals surface area contributed by atoms with E-state index in [-0.39, 0.29) is 19.6 Å². The topological polar surface area (TPSA) is 167 Å². The summed E-state index contributed by atoms with van der Waals surface area (Å²) in [5.41, 5.74) is 0.589. The van der Waals surface area contributed by atoms with Crippen LogP contribution in [0.1, 0.15) is 39.2 Å². The Labute approximate surface area is 222 Å². The summed E-state index contributed by atoms with van der Waals surface area (Å²) in [5, 5.41) is 14.6. The molecule has 3 N–H and O–H groups in total. The van der Waals surface area contributed by atoms with E-state index in [0.717, 1.165) is 13.8 Å². The minimum atomic E-state index is -5.17. The number of rotatable bonds is 15. The molecule has 218 valence electrons. The summed E-state index contributed by atoms with van der Waals surface area (Å²) in [6, 6.07) is 8.44. The summed E-state index contributed by atoms with van der Waals surface area (Å²) in [4.78, 5) is 58.0. The van der Waals surface area contributed by atoms with Gasteiger partial charge in [0.25, 0.3) is 5.79 Å². The highest BCUT2D eigenvalue weighted by Crippen LogP contribution is 2.21. The number of ether oxygens (including phenoxy) is 4. The highest BCUT2D eigenvalue weighted by Gasteiger charge is 2.41. The van der Waals surface area contributed by atoms with Gasteiger partial charge in [-0.25, -0.2) is 4.79 Å². The van der Waals surface area contributed by atoms with Crippen molar-refractivity contribution in [1.29, 1.82) is 0 Å². The average Bonchev–Trinajstić information content (AvgIpc) is 2.83. The molecule has 0 spiro atoms. The molecule has 15 heteroatoms. The van der Waals surface area contributed by atoms with Crippen LogP contribution in [0.3, 0.4) is 0 Å². The fourth-order valence-electron chi connectivity index (χ4n) is 3.09. The largest absolute Gasteiger partial charge is 0.471 e. The highest BCUT2D eigenvalue weighted by molar-refractivity contribution is 5.87. The molecule has 1 aromatic carbocycles. The fraction of sp³-hybridized carbons (Fsp3) is 0.542. The highest BCUT2D eigenvalue weighted by atomic mass is 19.4. The van der Waals surface area contributed by atoms with E-state index in [1.807, 2.05) is 0 Å². The molecular formula is C24H31F3N2O10. The van der Waals surface area contributed by atoms with Crippen LogP contribution in [-0.4, -0.2) is 78.7 Å². The number of hydrogen-bond donors (Lipinski definition) is 3. The predicted octanol–water partition coefficient (Wildman–Crippen LogP) is 0.893. The second-order valence-electron chi connectivity index (χ2n) is 8.32. The first-order valence-corrected chi connectivity index (χ1v) is 11.7. The zero-order valence-electron chi connectivity index (χ0n) is 21.5. The van der Waals surface area contributed by atoms with Gasteiger partial charge in [-0.15, -0.1) is 0 Å². The van der Waals surface area contributed by atoms with Crippen LogP contribution >= 0.6 is 0 Å². The lowest BCUT2D eigenvalue weighted by molar-refractivity contribution is -0.247. The van der Waals surface area contributed by atoms with Crippen LogP contribution in [0.25, 0.3) is 0 Å². The van der Waals surface area contributed by atoms with Gasteiger partial charge in [-0.3, -0.25) is 19.2 Å². The third-order valence-electron chi connectivity index (χ3n) is 4.78.